The maximum absolute atomic E-state index is 12.9. The van der Waals surface area contributed by atoms with E-state index in [-0.39, 0.29) is 23.1 Å². The van der Waals surface area contributed by atoms with Gasteiger partial charge in [0, 0.05) is 50.7 Å². The van der Waals surface area contributed by atoms with E-state index in [4.69, 9.17) is 0 Å². The molecule has 8 heteroatoms. The highest BCUT2D eigenvalue weighted by Crippen LogP contribution is 2.17. The number of H-pyrrole nitrogens is 1. The maximum Gasteiger partial charge on any atom is 0.274 e. The van der Waals surface area contributed by atoms with Gasteiger partial charge >= 0.3 is 0 Å². The minimum absolute atomic E-state index is 0.00247. The van der Waals surface area contributed by atoms with Crippen LogP contribution in [0.25, 0.3) is 0 Å². The van der Waals surface area contributed by atoms with Crippen LogP contribution in [0.4, 0.5) is 0 Å². The molecular weight excluding hydrogens is 334 g/mol. The average Bonchev–Trinajstić information content (AvgIpc) is 2.83. The molecule has 0 unspecified atom stereocenters. The number of aromatic amines is 1. The van der Waals surface area contributed by atoms with E-state index in [0.29, 0.717) is 38.2 Å². The van der Waals surface area contributed by atoms with Crippen molar-refractivity contribution in [3.8, 4) is 0 Å². The molecule has 3 rings (SSSR count). The molecule has 26 heavy (non-hydrogen) atoms. The second-order valence-electron chi connectivity index (χ2n) is 6.59. The molecule has 1 N–H and O–H groups in total. The summed E-state index contributed by atoms with van der Waals surface area (Å²) in [5.41, 5.74) is 2.57. The van der Waals surface area contributed by atoms with Crippen molar-refractivity contribution in [2.24, 2.45) is 7.05 Å². The molecule has 0 radical (unpaired) electrons. The fourth-order valence-electron chi connectivity index (χ4n) is 3.19. The predicted octanol–water partition coefficient (Wildman–Crippen LogP) is 0.714. The molecule has 0 aromatic carbocycles. The number of amides is 2. The van der Waals surface area contributed by atoms with Crippen LogP contribution in [0.15, 0.2) is 23.0 Å². The molecule has 0 aliphatic carbocycles. The molecule has 1 aliphatic heterocycles. The van der Waals surface area contributed by atoms with Gasteiger partial charge in [-0.25, -0.2) is 5.10 Å². The zero-order valence-corrected chi connectivity index (χ0v) is 15.3. The highest BCUT2D eigenvalue weighted by Gasteiger charge is 2.26. The fourth-order valence-corrected chi connectivity index (χ4v) is 3.19. The highest BCUT2D eigenvalue weighted by atomic mass is 16.2. The van der Waals surface area contributed by atoms with Gasteiger partial charge in [0.2, 0.25) is 0 Å². The van der Waals surface area contributed by atoms with Gasteiger partial charge in [-0.1, -0.05) is 0 Å². The van der Waals surface area contributed by atoms with Crippen molar-refractivity contribution in [1.82, 2.24) is 24.6 Å². The molecule has 0 atom stereocenters. The van der Waals surface area contributed by atoms with Gasteiger partial charge < -0.3 is 14.4 Å². The summed E-state index contributed by atoms with van der Waals surface area (Å²) in [4.78, 5) is 40.0. The lowest BCUT2D eigenvalue weighted by molar-refractivity contribution is 0.0714. The first kappa shape index (κ1) is 17.9. The Balaban J connectivity index is 1.70. The summed E-state index contributed by atoms with van der Waals surface area (Å²) in [6.07, 6.45) is 0.700. The van der Waals surface area contributed by atoms with Crippen molar-refractivity contribution >= 4 is 11.8 Å². The highest BCUT2D eigenvalue weighted by molar-refractivity contribution is 5.96. The Morgan fingerprint density at radius 3 is 2.23 bits per heavy atom. The van der Waals surface area contributed by atoms with E-state index >= 15 is 0 Å². The lowest BCUT2D eigenvalue weighted by Crippen LogP contribution is -2.38. The van der Waals surface area contributed by atoms with Gasteiger partial charge in [0.1, 0.15) is 5.69 Å². The third-order valence-corrected chi connectivity index (χ3v) is 4.97. The van der Waals surface area contributed by atoms with Crippen molar-refractivity contribution in [3.05, 3.63) is 51.2 Å². The monoisotopic (exact) mass is 357 g/mol. The van der Waals surface area contributed by atoms with Gasteiger partial charge in [-0.05, 0) is 32.4 Å². The van der Waals surface area contributed by atoms with Gasteiger partial charge in [-0.15, -0.1) is 0 Å². The normalized spacial score (nSPS) is 15.0. The molecule has 2 aromatic rings. The molecule has 1 saturated heterocycles. The van der Waals surface area contributed by atoms with Gasteiger partial charge in [0.05, 0.1) is 5.56 Å². The van der Waals surface area contributed by atoms with Crippen molar-refractivity contribution in [2.45, 2.75) is 20.3 Å². The first-order valence-corrected chi connectivity index (χ1v) is 8.65. The number of hydrogen-bond acceptors (Lipinski definition) is 4. The van der Waals surface area contributed by atoms with Crippen LogP contribution in [0.3, 0.4) is 0 Å². The van der Waals surface area contributed by atoms with E-state index in [2.05, 4.69) is 10.2 Å². The van der Waals surface area contributed by atoms with Crippen LogP contribution in [0.1, 0.15) is 38.7 Å². The lowest BCUT2D eigenvalue weighted by atomic mass is 10.2. The Kier molecular flexibility index (Phi) is 4.92. The summed E-state index contributed by atoms with van der Waals surface area (Å²) in [6, 6.07) is 4.62. The van der Waals surface area contributed by atoms with Crippen LogP contribution < -0.4 is 5.56 Å². The van der Waals surface area contributed by atoms with Crippen LogP contribution in [-0.2, 0) is 7.05 Å². The van der Waals surface area contributed by atoms with Gasteiger partial charge in [-0.2, -0.15) is 5.10 Å². The number of hydrogen-bond donors (Lipinski definition) is 1. The topological polar surface area (TPSA) is 91.3 Å². The van der Waals surface area contributed by atoms with E-state index in [9.17, 15) is 14.4 Å². The number of nitrogens with one attached hydrogen (secondary N) is 1. The predicted molar refractivity (Wildman–Crippen MR) is 96.2 cm³/mol. The Hall–Kier alpha value is -2.90. The Labute approximate surface area is 151 Å². The summed E-state index contributed by atoms with van der Waals surface area (Å²) in [7, 11) is 1.95. The summed E-state index contributed by atoms with van der Waals surface area (Å²) in [6.45, 7) is 5.99. The quantitative estimate of drug-likeness (QED) is 0.857. The smallest absolute Gasteiger partial charge is 0.274 e. The minimum atomic E-state index is -0.345. The summed E-state index contributed by atoms with van der Waals surface area (Å²) < 4.78 is 2.00. The van der Waals surface area contributed by atoms with Crippen molar-refractivity contribution in [2.75, 3.05) is 26.2 Å². The fraction of sp³-hybridized carbons (Fsp3) is 0.444. The van der Waals surface area contributed by atoms with Crippen LogP contribution in [0.2, 0.25) is 0 Å². The molecule has 0 spiro atoms. The van der Waals surface area contributed by atoms with E-state index in [0.717, 1.165) is 11.4 Å². The first-order chi connectivity index (χ1) is 12.4. The van der Waals surface area contributed by atoms with Gasteiger partial charge in [-0.3, -0.25) is 14.4 Å². The molecule has 0 bridgehead atoms. The Morgan fingerprint density at radius 1 is 1.04 bits per heavy atom. The Bertz CT molecular complexity index is 878. The zero-order valence-electron chi connectivity index (χ0n) is 15.3. The molecule has 2 aromatic heterocycles. The van der Waals surface area contributed by atoms with Crippen molar-refractivity contribution < 1.29 is 9.59 Å². The number of aryl methyl sites for hydroxylation is 1. The first-order valence-electron chi connectivity index (χ1n) is 8.65. The summed E-state index contributed by atoms with van der Waals surface area (Å²) in [5, 5.41) is 6.08. The van der Waals surface area contributed by atoms with Crippen LogP contribution >= 0.6 is 0 Å². The lowest BCUT2D eigenvalue weighted by Gasteiger charge is -2.22. The Morgan fingerprint density at radius 2 is 1.69 bits per heavy atom. The molecule has 3 heterocycles. The van der Waals surface area contributed by atoms with Crippen molar-refractivity contribution in [1.29, 1.82) is 0 Å². The summed E-state index contributed by atoms with van der Waals surface area (Å²) >= 11 is 0. The standard InChI is InChI=1S/C18H23N5O3/c1-12-11-14(13(2)21(12)3)17(25)22-7-4-8-23(10-9-22)18(26)15-5-6-16(24)20-19-15/h5-6,11H,4,7-10H2,1-3H3,(H,20,24). The van der Waals surface area contributed by atoms with Crippen molar-refractivity contribution in [3.63, 3.8) is 0 Å². The largest absolute Gasteiger partial charge is 0.351 e. The molecular formula is C18H23N5O3. The van der Waals surface area contributed by atoms with Crippen LogP contribution in [0.5, 0.6) is 0 Å². The van der Waals surface area contributed by atoms with E-state index in [1.165, 1.54) is 12.1 Å². The number of aromatic nitrogens is 3. The number of carbonyl (C=O) groups excluding carboxylic acids is 2. The van der Waals surface area contributed by atoms with E-state index in [1.807, 2.05) is 31.5 Å². The van der Waals surface area contributed by atoms with Crippen LogP contribution in [-0.4, -0.2) is 62.6 Å². The van der Waals surface area contributed by atoms with Gasteiger partial charge in [0.25, 0.3) is 17.4 Å². The SMILES string of the molecule is Cc1cc(C(=O)N2CCCN(C(=O)c3ccc(=O)[nH]n3)CC2)c(C)n1C. The molecule has 138 valence electrons. The van der Waals surface area contributed by atoms with Gasteiger partial charge in [0.15, 0.2) is 0 Å². The van der Waals surface area contributed by atoms with Crippen LogP contribution in [0, 0.1) is 13.8 Å². The minimum Gasteiger partial charge on any atom is -0.351 e. The third-order valence-electron chi connectivity index (χ3n) is 4.97. The molecule has 8 nitrogen and oxygen atoms in total. The summed E-state index contributed by atoms with van der Waals surface area (Å²) in [5.74, 6) is -0.232. The molecule has 2 amide bonds. The zero-order chi connectivity index (χ0) is 18.8. The second kappa shape index (κ2) is 7.15. The number of rotatable bonds is 2. The number of nitrogens with zero attached hydrogens (tertiary/aromatic N) is 4. The second-order valence-corrected chi connectivity index (χ2v) is 6.59. The molecule has 1 aliphatic rings. The average molecular weight is 357 g/mol. The number of carbonyl (C=O) groups is 2. The maximum atomic E-state index is 12.9. The van der Waals surface area contributed by atoms with E-state index in [1.54, 1.807) is 9.80 Å². The molecule has 1 fully saturated rings. The van der Waals surface area contributed by atoms with E-state index < -0.39 is 0 Å². The third kappa shape index (κ3) is 3.40. The molecule has 0 saturated carbocycles.